The minimum absolute atomic E-state index is 0.0139. The van der Waals surface area contributed by atoms with Gasteiger partial charge in [-0.05, 0) is 53.8 Å². The fourth-order valence-electron chi connectivity index (χ4n) is 8.22. The summed E-state index contributed by atoms with van der Waals surface area (Å²) in [5.74, 6) is -2.16. The number of amides is 4. The number of hydrogen-bond donors (Lipinski definition) is 9. The zero-order valence-corrected chi connectivity index (χ0v) is 41.7. The van der Waals surface area contributed by atoms with Crippen LogP contribution in [0.4, 0.5) is 22.2 Å². The maximum Gasteiger partial charge on any atom is 0.410 e. The zero-order chi connectivity index (χ0) is 52.4. The summed E-state index contributed by atoms with van der Waals surface area (Å²) in [6.45, 7) is 9.89. The second-order valence-corrected chi connectivity index (χ2v) is 18.3. The predicted molar refractivity (Wildman–Crippen MR) is 268 cm³/mol. The number of unbranched alkanes of at least 4 members (excludes halogenated alkanes) is 2. The standard InChI is InChI=1S/C50H70N10O13/c1-4-5-6-14-54-46-43-36(56-49(51)57-46)12-17-60(43)28-35-9-7-33(24-31(35)2)27-58-18-20-59(21-19-58)50(69)72-29-34-8-10-39(73-48-45(66)44(65)38(61)30-71-48)37(26-34)55-41(63)11-15-52-40(62)13-22-70-23-16-53-42(64)25-32(3)47(67)68/h7-10,12,17,24,26,32,38,44-45,48,61,65-66H,4-6,11,13-16,18-23,25,27-30H2,1-3H3,(H,52,62)(H,53,64)(H,55,63)(H,67,68)(H3,51,54,56,57)/t32?,38-,44+,45-,48+/m1/s1. The Morgan fingerprint density at radius 3 is 2.38 bits per heavy atom. The zero-order valence-electron chi connectivity index (χ0n) is 41.7. The van der Waals surface area contributed by atoms with E-state index < -0.39 is 54.4 Å². The topological polar surface area (TPSA) is 315 Å². The van der Waals surface area contributed by atoms with E-state index in [1.54, 1.807) is 11.0 Å². The molecule has 398 valence electrons. The Hall–Kier alpha value is -6.63. The molecule has 4 aromatic rings. The second-order valence-electron chi connectivity index (χ2n) is 18.3. The average Bonchev–Trinajstić information content (AvgIpc) is 3.76. The van der Waals surface area contributed by atoms with Gasteiger partial charge >= 0.3 is 12.1 Å². The van der Waals surface area contributed by atoms with Crippen molar-refractivity contribution in [2.24, 2.45) is 5.92 Å². The molecule has 2 aromatic carbocycles. The van der Waals surface area contributed by atoms with Gasteiger partial charge in [0.1, 0.15) is 36.2 Å². The first-order chi connectivity index (χ1) is 35.1. The lowest BCUT2D eigenvalue weighted by molar-refractivity contribution is -0.241. The first-order valence-electron chi connectivity index (χ1n) is 24.8. The van der Waals surface area contributed by atoms with Gasteiger partial charge in [-0.3, -0.25) is 24.1 Å². The number of rotatable bonds is 26. The number of carbonyl (C=O) groups excluding carboxylic acids is 4. The van der Waals surface area contributed by atoms with Crippen molar-refractivity contribution in [1.29, 1.82) is 0 Å². The molecule has 0 bridgehead atoms. The molecule has 2 aliphatic rings. The monoisotopic (exact) mass is 1020 g/mol. The lowest BCUT2D eigenvalue weighted by Gasteiger charge is -2.35. The first kappa shape index (κ1) is 55.7. The number of aliphatic hydroxyl groups is 3. The number of nitrogens with two attached hydrogens (primary N) is 1. The van der Waals surface area contributed by atoms with E-state index in [0.29, 0.717) is 44.8 Å². The summed E-state index contributed by atoms with van der Waals surface area (Å²) in [6, 6.07) is 13.1. The number of aliphatic hydroxyl groups excluding tert-OH is 3. The number of ether oxygens (including phenoxy) is 4. The van der Waals surface area contributed by atoms with E-state index in [4.69, 9.17) is 29.8 Å². The van der Waals surface area contributed by atoms with Crippen molar-refractivity contribution in [2.75, 3.05) is 82.0 Å². The SMILES string of the molecule is CCCCCNc1nc(N)nc2ccn(Cc3ccc(CN4CCN(C(=O)OCc5ccc(O[C@@H]6OC[C@@H](O)[C@H](O)[C@H]6O)c(NC(=O)CCNC(=O)CCOCCNC(=O)CC(C)C(=O)O)c5)CC4)cc3C)c12. The van der Waals surface area contributed by atoms with Gasteiger partial charge in [-0.1, -0.05) is 51.0 Å². The summed E-state index contributed by atoms with van der Waals surface area (Å²) in [6.07, 6.45) is -1.38. The highest BCUT2D eigenvalue weighted by molar-refractivity contribution is 5.93. The van der Waals surface area contributed by atoms with E-state index in [9.17, 15) is 39.3 Å². The lowest BCUT2D eigenvalue weighted by Crippen LogP contribution is -2.54. The molecule has 2 fully saturated rings. The molecule has 0 radical (unpaired) electrons. The van der Waals surface area contributed by atoms with Crippen LogP contribution < -0.4 is 31.7 Å². The van der Waals surface area contributed by atoms with Gasteiger partial charge in [0.2, 0.25) is 30.0 Å². The van der Waals surface area contributed by atoms with Gasteiger partial charge in [-0.2, -0.15) is 4.98 Å². The van der Waals surface area contributed by atoms with Crippen molar-refractivity contribution in [3.05, 3.63) is 70.9 Å². The third-order valence-electron chi connectivity index (χ3n) is 12.5. The van der Waals surface area contributed by atoms with Crippen molar-refractivity contribution in [3.8, 4) is 5.75 Å². The van der Waals surface area contributed by atoms with E-state index >= 15 is 0 Å². The Morgan fingerprint density at radius 2 is 1.63 bits per heavy atom. The van der Waals surface area contributed by atoms with Gasteiger partial charge in [0.15, 0.2) is 5.82 Å². The van der Waals surface area contributed by atoms with Gasteiger partial charge in [0, 0.05) is 84.4 Å². The average molecular weight is 1020 g/mol. The van der Waals surface area contributed by atoms with E-state index in [-0.39, 0.29) is 82.1 Å². The van der Waals surface area contributed by atoms with Crippen molar-refractivity contribution in [1.82, 2.24) is 35.0 Å². The molecule has 23 heteroatoms. The molecule has 2 aliphatic heterocycles. The van der Waals surface area contributed by atoms with Crippen LogP contribution in [0.1, 0.15) is 74.6 Å². The van der Waals surface area contributed by atoms with E-state index in [0.717, 1.165) is 53.8 Å². The lowest BCUT2D eigenvalue weighted by atomic mass is 10.0. The number of fused-ring (bicyclic) bond motifs is 1. The summed E-state index contributed by atoms with van der Waals surface area (Å²) >= 11 is 0. The molecule has 2 saturated heterocycles. The highest BCUT2D eigenvalue weighted by Gasteiger charge is 2.39. The van der Waals surface area contributed by atoms with Crippen molar-refractivity contribution in [2.45, 2.75) is 104 Å². The van der Waals surface area contributed by atoms with Crippen LogP contribution in [0.2, 0.25) is 0 Å². The number of aliphatic carboxylic acids is 1. The maximum absolute atomic E-state index is 13.3. The van der Waals surface area contributed by atoms with Crippen LogP contribution in [0.15, 0.2) is 48.7 Å². The minimum atomic E-state index is -1.61. The fourth-order valence-corrected chi connectivity index (χ4v) is 8.22. The summed E-state index contributed by atoms with van der Waals surface area (Å²) in [5.41, 5.74) is 11.9. The summed E-state index contributed by atoms with van der Waals surface area (Å²) in [5, 5.41) is 51.0. The van der Waals surface area contributed by atoms with Crippen molar-refractivity contribution in [3.63, 3.8) is 0 Å². The number of carboxylic acids is 1. The second kappa shape index (κ2) is 27.4. The number of carbonyl (C=O) groups is 5. The number of nitrogens with one attached hydrogen (secondary N) is 4. The maximum atomic E-state index is 13.3. The molecule has 6 rings (SSSR count). The largest absolute Gasteiger partial charge is 0.481 e. The van der Waals surface area contributed by atoms with Crippen LogP contribution in [-0.2, 0) is 53.1 Å². The quantitative estimate of drug-likeness (QED) is 0.0408. The Kier molecular flexibility index (Phi) is 20.9. The number of benzene rings is 2. The van der Waals surface area contributed by atoms with Crippen molar-refractivity contribution < 1.29 is 63.3 Å². The number of aromatic nitrogens is 3. The number of aryl methyl sites for hydroxylation is 1. The summed E-state index contributed by atoms with van der Waals surface area (Å²) < 4.78 is 24.5. The molecule has 23 nitrogen and oxygen atoms in total. The third kappa shape index (κ3) is 16.7. The number of carboxylic acid groups (broad SMARTS) is 1. The van der Waals surface area contributed by atoms with Crippen molar-refractivity contribution >= 4 is 58.3 Å². The summed E-state index contributed by atoms with van der Waals surface area (Å²) in [7, 11) is 0. The Bertz CT molecular complexity index is 2500. The normalized spacial score (nSPS) is 18.5. The van der Waals surface area contributed by atoms with Crippen LogP contribution in [0.3, 0.4) is 0 Å². The van der Waals surface area contributed by atoms with Gasteiger partial charge in [-0.15, -0.1) is 0 Å². The summed E-state index contributed by atoms with van der Waals surface area (Å²) in [4.78, 5) is 74.4. The highest BCUT2D eigenvalue weighted by Crippen LogP contribution is 2.31. The molecule has 0 aliphatic carbocycles. The number of nitrogens with zero attached hydrogens (tertiary/aromatic N) is 5. The molecule has 0 spiro atoms. The Balaban J connectivity index is 0.960. The smallest absolute Gasteiger partial charge is 0.410 e. The fraction of sp³-hybridized carbons (Fsp3) is 0.540. The molecular weight excluding hydrogens is 949 g/mol. The Morgan fingerprint density at radius 1 is 0.863 bits per heavy atom. The van der Waals surface area contributed by atoms with Crippen LogP contribution in [0.25, 0.3) is 11.0 Å². The molecule has 1 unspecified atom stereocenters. The molecular formula is C50H70N10O13. The van der Waals surface area contributed by atoms with E-state index in [2.05, 4.69) is 72.7 Å². The predicted octanol–water partition coefficient (Wildman–Crippen LogP) is 2.32. The molecule has 4 heterocycles. The van der Waals surface area contributed by atoms with Crippen LogP contribution in [-0.4, -0.2) is 165 Å². The molecule has 4 amide bonds. The van der Waals surface area contributed by atoms with Crippen LogP contribution in [0, 0.1) is 12.8 Å². The first-order valence-corrected chi connectivity index (χ1v) is 24.8. The molecule has 2 aromatic heterocycles. The molecule has 0 saturated carbocycles. The molecule has 5 atom stereocenters. The third-order valence-corrected chi connectivity index (χ3v) is 12.5. The number of nitrogen functional groups attached to an aromatic ring is 1. The molecule has 10 N–H and O–H groups in total. The minimum Gasteiger partial charge on any atom is -0.481 e. The number of piperazine rings is 1. The number of hydrogen-bond acceptors (Lipinski definition) is 17. The molecule has 73 heavy (non-hydrogen) atoms. The van der Waals surface area contributed by atoms with Crippen LogP contribution >= 0.6 is 0 Å². The van der Waals surface area contributed by atoms with Crippen LogP contribution in [0.5, 0.6) is 5.75 Å². The van der Waals surface area contributed by atoms with E-state index in [1.165, 1.54) is 24.6 Å². The van der Waals surface area contributed by atoms with Gasteiger partial charge in [-0.25, -0.2) is 9.78 Å². The van der Waals surface area contributed by atoms with Gasteiger partial charge in [0.05, 0.1) is 36.9 Å². The highest BCUT2D eigenvalue weighted by atomic mass is 16.7. The van der Waals surface area contributed by atoms with E-state index in [1.807, 2.05) is 12.3 Å². The van der Waals surface area contributed by atoms with Gasteiger partial charge in [0.25, 0.3) is 0 Å². The van der Waals surface area contributed by atoms with Gasteiger partial charge < -0.3 is 75.8 Å². The Labute approximate surface area is 423 Å². The number of anilines is 3.